The van der Waals surface area contributed by atoms with Crippen LogP contribution in [0.2, 0.25) is 0 Å². The van der Waals surface area contributed by atoms with E-state index in [9.17, 15) is 0 Å². The molecule has 12 rings (SSSR count). The molecule has 0 fully saturated rings. The van der Waals surface area contributed by atoms with Gasteiger partial charge in [-0.15, -0.1) is 0 Å². The molecule has 6 aromatic carbocycles. The van der Waals surface area contributed by atoms with Crippen molar-refractivity contribution in [1.82, 2.24) is 0 Å². The van der Waals surface area contributed by atoms with Crippen molar-refractivity contribution in [2.75, 3.05) is 164 Å². The molecular weight excluding hydrogens is 1700 g/mol. The summed E-state index contributed by atoms with van der Waals surface area (Å²) in [6.07, 6.45) is 13.7. The molecule has 6 aromatic heterocycles. The molecule has 0 aliphatic rings. The molecule has 0 aliphatic carbocycles. The van der Waals surface area contributed by atoms with E-state index in [1.54, 1.807) is 68.0 Å². The van der Waals surface area contributed by atoms with Crippen molar-refractivity contribution in [1.29, 1.82) is 0 Å². The lowest BCUT2D eigenvalue weighted by Crippen LogP contribution is -2.28. The summed E-state index contributed by atoms with van der Waals surface area (Å²) in [7, 11) is 15.9. The zero-order chi connectivity index (χ0) is 84.1. The molecular formula is C91H133N23O6S6+6. The Bertz CT molecular complexity index is 4760. The van der Waals surface area contributed by atoms with Crippen LogP contribution in [-0.2, 0) is 77.1 Å². The van der Waals surface area contributed by atoms with Gasteiger partial charge in [-0.3, -0.25) is 0 Å². The van der Waals surface area contributed by atoms with Crippen molar-refractivity contribution in [3.63, 3.8) is 0 Å². The average molecular weight is 1840 g/mol. The Morgan fingerprint density at radius 2 is 0.516 bits per heavy atom. The number of thiazole rings is 6. The molecule has 0 unspecified atom stereocenters. The van der Waals surface area contributed by atoms with Gasteiger partial charge in [-0.2, -0.15) is 0 Å². The number of nitrogens with one attached hydrogen (secondary N) is 1. The van der Waals surface area contributed by atoms with Gasteiger partial charge < -0.3 is 53.3 Å². The van der Waals surface area contributed by atoms with Crippen molar-refractivity contribution >= 4 is 161 Å². The van der Waals surface area contributed by atoms with Gasteiger partial charge in [0.2, 0.25) is 0 Å². The number of nitrogens with zero attached hydrogens (tertiary/aromatic N) is 22. The zero-order valence-electron chi connectivity index (χ0n) is 69.9. The lowest BCUT2D eigenvalue weighted by Gasteiger charge is -2.23. The van der Waals surface area contributed by atoms with E-state index in [1.807, 2.05) is 248 Å². The van der Waals surface area contributed by atoms with E-state index in [0.717, 1.165) is 152 Å². The van der Waals surface area contributed by atoms with Crippen LogP contribution in [0.5, 0.6) is 0 Å². The first-order valence-corrected chi connectivity index (χ1v) is 44.8. The highest BCUT2D eigenvalue weighted by Crippen LogP contribution is 2.29. The molecule has 12 aromatic rings. The predicted molar refractivity (Wildman–Crippen MR) is 521 cm³/mol. The van der Waals surface area contributed by atoms with Gasteiger partial charge in [0.05, 0.1) is 146 Å². The highest BCUT2D eigenvalue weighted by atomic mass is 32.1. The van der Waals surface area contributed by atoms with E-state index in [-0.39, 0.29) is 44.6 Å². The fourth-order valence-corrected chi connectivity index (χ4v) is 15.2. The molecule has 126 heavy (non-hydrogen) atoms. The maximum absolute atomic E-state index is 5.86. The lowest BCUT2D eigenvalue weighted by molar-refractivity contribution is -0.654. The Morgan fingerprint density at radius 1 is 0.278 bits per heavy atom. The summed E-state index contributed by atoms with van der Waals surface area (Å²) in [6.45, 7) is 17.4. The minimum absolute atomic E-state index is 0. The molecule has 6 heterocycles. The summed E-state index contributed by atoms with van der Waals surface area (Å²) >= 11 is 9.37. The van der Waals surface area contributed by atoms with Crippen LogP contribution in [0.15, 0.2) is 276 Å². The van der Waals surface area contributed by atoms with E-state index in [1.165, 1.54) is 5.56 Å². The monoisotopic (exact) mass is 1840 g/mol. The highest BCUT2D eigenvalue weighted by Gasteiger charge is 2.16. The highest BCUT2D eigenvalue weighted by molar-refractivity contribution is 7.14. The third kappa shape index (κ3) is 37.9. The number of azo groups is 6. The SMILES string of the molecule is C.C.C.C.C.C.CCN(CCOCCOCCN(CC)c1ccc(N=Nc2scc[n+]2C)cc1)c1ccc(N=Nc2scc[n+]2C)cc1.CN(CCOCCOCCN(C)c1ccc(N=Nc2scc[n+]2C)cc1)c1ccc(N=Nc2scc[n+]2C)cc1.C[n+]1ccsc1N=Nc1ccc(CCCOCCOCCNc2ccc(N=Nc3scc[n+]3C)cc2)cc1. The van der Waals surface area contributed by atoms with Crippen LogP contribution in [0.25, 0.3) is 0 Å². The van der Waals surface area contributed by atoms with Gasteiger partial charge in [0.15, 0.2) is 0 Å². The van der Waals surface area contributed by atoms with Gasteiger partial charge in [-0.05, 0) is 264 Å². The number of likely N-dealkylation sites (N-methyl/N-ethyl adjacent to an activating group) is 4. The second kappa shape index (κ2) is 61.0. The average Bonchev–Trinajstić information content (AvgIpc) is 1.46. The summed E-state index contributed by atoms with van der Waals surface area (Å²) in [5, 5.41) is 72.2. The van der Waals surface area contributed by atoms with E-state index in [4.69, 9.17) is 28.4 Å². The summed E-state index contributed by atoms with van der Waals surface area (Å²) < 4.78 is 46.3. The molecule has 0 spiro atoms. The van der Waals surface area contributed by atoms with Gasteiger partial charge in [-0.1, -0.05) is 56.7 Å². The number of hydrogen-bond donors (Lipinski definition) is 1. The van der Waals surface area contributed by atoms with Gasteiger partial charge in [-0.25, -0.2) is 27.4 Å². The van der Waals surface area contributed by atoms with E-state index in [2.05, 4.69) is 151 Å². The third-order valence-electron chi connectivity index (χ3n) is 18.2. The van der Waals surface area contributed by atoms with Crippen molar-refractivity contribution in [3.8, 4) is 0 Å². The normalized spacial score (nSPS) is 11.1. The molecule has 0 bridgehead atoms. The minimum atomic E-state index is 0. The van der Waals surface area contributed by atoms with Crippen LogP contribution >= 0.6 is 68.0 Å². The summed E-state index contributed by atoms with van der Waals surface area (Å²) in [5.74, 6) is 0. The minimum Gasteiger partial charge on any atom is -0.383 e. The number of aryl methyl sites for hydroxylation is 7. The number of anilines is 5. The van der Waals surface area contributed by atoms with Crippen LogP contribution in [0.3, 0.4) is 0 Å². The van der Waals surface area contributed by atoms with Gasteiger partial charge in [0.25, 0.3) is 0 Å². The second-order valence-electron chi connectivity index (χ2n) is 27.0. The first-order chi connectivity index (χ1) is 58.7. The smallest absolute Gasteiger partial charge is 0.383 e. The molecule has 0 radical (unpaired) electrons. The summed E-state index contributed by atoms with van der Waals surface area (Å²) in [4.78, 5) is 8.89. The fraction of sp³-hybridized carbons (Fsp3) is 0.407. The van der Waals surface area contributed by atoms with Crippen molar-refractivity contribution in [2.24, 2.45) is 104 Å². The quantitative estimate of drug-likeness (QED) is 0.0213. The molecule has 0 aliphatic heterocycles. The standard InChI is InChI=1S/C30H40N8O2S2.C28H36N8O2S2.C27H32N7O2S2.6CH4/c1-5-37(27-11-7-25(8-12-27)31-33-29-35(3)17-23-41-29)15-19-39-21-22-40-20-16-38(6-2)28-13-9-26(10-14-28)32-34-30-36(4)18-24-42-30;1-33(25-9-5-23(6-10-25)29-31-27-35(3)15-21-39-27)13-17-37-19-20-38-18-14-34(2)26-11-7-24(8-12-26)30-32-28-36(4)16-22-40-28;1-33-14-20-37-26(33)31-29-24-7-5-22(6-8-24)4-3-16-35-18-19-36-17-13-28-23-9-11-25(12-10-23)30-32-27-34(2)15-21-38-27;;;;;;/h7-14,17-18,23-24H,5-6,15-16,19-22H2,1-4H3;5-12,15-16,21-22H,13-14,17-20H2,1-4H3;5-12,14-15,20-21H,3-4,13,16-19H2,1-2H3;6*1H4/q2*+2;+1;;;;;;/p+1. The molecule has 35 heteroatoms. The van der Waals surface area contributed by atoms with Crippen molar-refractivity contribution in [3.05, 3.63) is 221 Å². The van der Waals surface area contributed by atoms with Gasteiger partial charge in [0.1, 0.15) is 71.3 Å². The van der Waals surface area contributed by atoms with Crippen LogP contribution in [0.1, 0.15) is 70.4 Å². The topological polar surface area (TPSA) is 252 Å². The largest absolute Gasteiger partial charge is 0.408 e. The van der Waals surface area contributed by atoms with Crippen LogP contribution < -0.4 is 52.3 Å². The second-order valence-corrected chi connectivity index (χ2v) is 32.2. The predicted octanol–water partition coefficient (Wildman–Crippen LogP) is 22.8. The molecule has 0 saturated heterocycles. The lowest BCUT2D eigenvalue weighted by atomic mass is 10.1. The zero-order valence-corrected chi connectivity index (χ0v) is 74.8. The molecule has 0 amide bonds. The van der Waals surface area contributed by atoms with Crippen molar-refractivity contribution in [2.45, 2.75) is 71.2 Å². The molecule has 678 valence electrons. The first-order valence-electron chi connectivity index (χ1n) is 39.5. The Balaban J connectivity index is 0.000000387. The maximum atomic E-state index is 5.86. The maximum Gasteiger partial charge on any atom is 0.408 e. The van der Waals surface area contributed by atoms with Gasteiger partial charge >= 0.3 is 30.8 Å². The fourth-order valence-electron chi connectivity index (χ4n) is 11.1. The third-order valence-corrected chi connectivity index (χ3v) is 23.3. The molecule has 1 N–H and O–H groups in total. The summed E-state index contributed by atoms with van der Waals surface area (Å²) in [5.41, 5.74) is 11.8. The number of ether oxygens (including phenoxy) is 6. The first kappa shape index (κ1) is 108. The van der Waals surface area contributed by atoms with Gasteiger partial charge in [0, 0.05) is 127 Å². The molecule has 0 atom stereocenters. The Morgan fingerprint density at radius 3 is 0.778 bits per heavy atom. The van der Waals surface area contributed by atoms with E-state index >= 15 is 0 Å². The Labute approximate surface area is 771 Å². The molecule has 0 saturated carbocycles. The van der Waals surface area contributed by atoms with Crippen LogP contribution in [0.4, 0.5) is 93.4 Å². The van der Waals surface area contributed by atoms with Crippen molar-refractivity contribution < 1.29 is 55.8 Å². The Kier molecular flexibility index (Phi) is 52.2. The number of hydrogen-bond acceptors (Lipinski definition) is 29. The summed E-state index contributed by atoms with van der Waals surface area (Å²) in [6, 6.07) is 48.5. The Hall–Kier alpha value is -10.5. The number of rotatable bonds is 47. The van der Waals surface area contributed by atoms with Crippen LogP contribution in [-0.4, -0.2) is 139 Å². The number of benzene rings is 6. The molecule has 29 nitrogen and oxygen atoms in total. The van der Waals surface area contributed by atoms with Crippen LogP contribution in [0, 0.1) is 0 Å². The number of aromatic nitrogens is 6. The van der Waals surface area contributed by atoms with E-state index < -0.39 is 0 Å². The van der Waals surface area contributed by atoms with E-state index in [0.29, 0.717) is 79.3 Å².